The van der Waals surface area contributed by atoms with Gasteiger partial charge in [0.15, 0.2) is 0 Å². The van der Waals surface area contributed by atoms with Crippen LogP contribution in [0.15, 0.2) is 54.6 Å². The molecule has 0 aromatic heterocycles. The molecule has 4 nitrogen and oxygen atoms in total. The standard InChI is InChI=1S/C14H11NO3/c15-13(16)11-8-4-5-9-12(11)18-14(17)10-6-2-1-3-7-10/h1-9H,(H2,15,16). The van der Waals surface area contributed by atoms with Gasteiger partial charge in [0.1, 0.15) is 5.75 Å². The summed E-state index contributed by atoms with van der Waals surface area (Å²) in [6.07, 6.45) is 0. The summed E-state index contributed by atoms with van der Waals surface area (Å²) in [5.74, 6) is -0.991. The summed E-state index contributed by atoms with van der Waals surface area (Å²) in [7, 11) is 0. The Balaban J connectivity index is 2.25. The number of esters is 1. The van der Waals surface area contributed by atoms with Gasteiger partial charge in [-0.05, 0) is 24.3 Å². The Morgan fingerprint density at radius 3 is 2.17 bits per heavy atom. The predicted octanol–water partition coefficient (Wildman–Crippen LogP) is 2.00. The topological polar surface area (TPSA) is 69.4 Å². The van der Waals surface area contributed by atoms with Crippen LogP contribution in [0.3, 0.4) is 0 Å². The van der Waals surface area contributed by atoms with Gasteiger partial charge in [0.05, 0.1) is 11.1 Å². The number of amides is 1. The van der Waals surface area contributed by atoms with E-state index in [4.69, 9.17) is 10.5 Å². The van der Waals surface area contributed by atoms with Gasteiger partial charge in [0, 0.05) is 0 Å². The van der Waals surface area contributed by atoms with Crippen LogP contribution in [0, 0.1) is 0 Å². The number of hydrogen-bond donors (Lipinski definition) is 1. The van der Waals surface area contributed by atoms with E-state index in [1.54, 1.807) is 42.5 Å². The SMILES string of the molecule is NC(=O)c1ccccc1OC(=O)c1ccccc1. The first-order valence-electron chi connectivity index (χ1n) is 5.34. The summed E-state index contributed by atoms with van der Waals surface area (Å²) in [6, 6.07) is 14.9. The molecule has 2 N–H and O–H groups in total. The highest BCUT2D eigenvalue weighted by Gasteiger charge is 2.13. The van der Waals surface area contributed by atoms with Crippen molar-refractivity contribution >= 4 is 11.9 Å². The molecule has 0 unspecified atom stereocenters. The van der Waals surface area contributed by atoms with E-state index < -0.39 is 11.9 Å². The van der Waals surface area contributed by atoms with Crippen molar-refractivity contribution < 1.29 is 14.3 Å². The Morgan fingerprint density at radius 2 is 1.50 bits per heavy atom. The zero-order valence-corrected chi connectivity index (χ0v) is 9.50. The van der Waals surface area contributed by atoms with Crippen molar-refractivity contribution in [2.24, 2.45) is 5.73 Å². The maximum absolute atomic E-state index is 11.8. The third kappa shape index (κ3) is 2.55. The van der Waals surface area contributed by atoms with Gasteiger partial charge in [0.2, 0.25) is 0 Å². The molecule has 2 rings (SSSR count). The third-order valence-electron chi connectivity index (χ3n) is 2.36. The van der Waals surface area contributed by atoms with Crippen LogP contribution in [0.2, 0.25) is 0 Å². The molecule has 18 heavy (non-hydrogen) atoms. The van der Waals surface area contributed by atoms with Gasteiger partial charge in [0.25, 0.3) is 5.91 Å². The first-order valence-corrected chi connectivity index (χ1v) is 5.34. The molecule has 0 spiro atoms. The summed E-state index contributed by atoms with van der Waals surface area (Å²) >= 11 is 0. The summed E-state index contributed by atoms with van der Waals surface area (Å²) in [4.78, 5) is 23.0. The fraction of sp³-hybridized carbons (Fsp3) is 0. The van der Waals surface area contributed by atoms with Crippen LogP contribution < -0.4 is 10.5 Å². The molecule has 0 saturated carbocycles. The molecular weight excluding hydrogens is 230 g/mol. The van der Waals surface area contributed by atoms with Gasteiger partial charge in [-0.15, -0.1) is 0 Å². The van der Waals surface area contributed by atoms with Crippen molar-refractivity contribution in [2.75, 3.05) is 0 Å². The number of carbonyl (C=O) groups is 2. The number of carbonyl (C=O) groups excluding carboxylic acids is 2. The average Bonchev–Trinajstić information content (AvgIpc) is 2.40. The molecule has 0 atom stereocenters. The third-order valence-corrected chi connectivity index (χ3v) is 2.36. The smallest absolute Gasteiger partial charge is 0.343 e. The molecule has 1 amide bonds. The molecule has 0 bridgehead atoms. The lowest BCUT2D eigenvalue weighted by molar-refractivity contribution is 0.0732. The lowest BCUT2D eigenvalue weighted by Gasteiger charge is -2.07. The first-order chi connectivity index (χ1) is 8.68. The molecule has 0 aliphatic heterocycles. The number of ether oxygens (including phenoxy) is 1. The second-order valence-electron chi connectivity index (χ2n) is 3.62. The molecule has 4 heteroatoms. The summed E-state index contributed by atoms with van der Waals surface area (Å²) in [5, 5.41) is 0. The lowest BCUT2D eigenvalue weighted by atomic mass is 10.2. The van der Waals surface area contributed by atoms with Crippen LogP contribution in [-0.4, -0.2) is 11.9 Å². The van der Waals surface area contributed by atoms with Crippen molar-refractivity contribution in [1.82, 2.24) is 0 Å². The summed E-state index contributed by atoms with van der Waals surface area (Å²) < 4.78 is 5.15. The van der Waals surface area contributed by atoms with Crippen LogP contribution >= 0.6 is 0 Å². The van der Waals surface area contributed by atoms with Gasteiger partial charge in [-0.3, -0.25) is 4.79 Å². The predicted molar refractivity (Wildman–Crippen MR) is 66.4 cm³/mol. The van der Waals surface area contributed by atoms with Crippen molar-refractivity contribution in [3.8, 4) is 5.75 Å². The van der Waals surface area contributed by atoms with E-state index in [2.05, 4.69) is 0 Å². The molecule has 0 fully saturated rings. The van der Waals surface area contributed by atoms with Crippen molar-refractivity contribution in [3.05, 3.63) is 65.7 Å². The molecule has 0 saturated heterocycles. The monoisotopic (exact) mass is 241 g/mol. The summed E-state index contributed by atoms with van der Waals surface area (Å²) in [6.45, 7) is 0. The molecule has 2 aromatic rings. The Kier molecular flexibility index (Phi) is 3.38. The highest BCUT2D eigenvalue weighted by Crippen LogP contribution is 2.18. The summed E-state index contributed by atoms with van der Waals surface area (Å²) in [5.41, 5.74) is 5.79. The minimum atomic E-state index is -0.633. The van der Waals surface area contributed by atoms with Crippen molar-refractivity contribution in [1.29, 1.82) is 0 Å². The molecule has 2 aromatic carbocycles. The molecule has 0 heterocycles. The number of nitrogens with two attached hydrogens (primary N) is 1. The maximum Gasteiger partial charge on any atom is 0.343 e. The molecular formula is C14H11NO3. The highest BCUT2D eigenvalue weighted by molar-refractivity contribution is 5.98. The second-order valence-corrected chi connectivity index (χ2v) is 3.62. The van der Waals surface area contributed by atoms with E-state index >= 15 is 0 Å². The largest absolute Gasteiger partial charge is 0.422 e. The van der Waals surface area contributed by atoms with E-state index in [0.717, 1.165) is 0 Å². The second kappa shape index (κ2) is 5.14. The van der Waals surface area contributed by atoms with E-state index in [1.807, 2.05) is 0 Å². The molecule has 0 radical (unpaired) electrons. The van der Waals surface area contributed by atoms with Gasteiger partial charge in [-0.2, -0.15) is 0 Å². The van der Waals surface area contributed by atoms with Crippen LogP contribution in [0.25, 0.3) is 0 Å². The lowest BCUT2D eigenvalue weighted by Crippen LogP contribution is -2.15. The minimum absolute atomic E-state index is 0.166. The fourth-order valence-corrected chi connectivity index (χ4v) is 1.49. The number of primary amides is 1. The highest BCUT2D eigenvalue weighted by atomic mass is 16.5. The number of rotatable bonds is 3. The first kappa shape index (κ1) is 11.9. The van der Waals surface area contributed by atoms with Crippen LogP contribution in [0.1, 0.15) is 20.7 Å². The molecule has 90 valence electrons. The van der Waals surface area contributed by atoms with Crippen molar-refractivity contribution in [3.63, 3.8) is 0 Å². The Hall–Kier alpha value is -2.62. The van der Waals surface area contributed by atoms with Gasteiger partial charge in [-0.1, -0.05) is 30.3 Å². The van der Waals surface area contributed by atoms with Crippen LogP contribution in [0.4, 0.5) is 0 Å². The number of benzene rings is 2. The quantitative estimate of drug-likeness (QED) is 0.660. The van der Waals surface area contributed by atoms with E-state index in [0.29, 0.717) is 5.56 Å². The molecule has 0 aliphatic rings. The zero-order chi connectivity index (χ0) is 13.0. The Morgan fingerprint density at radius 1 is 0.889 bits per heavy atom. The number of para-hydroxylation sites is 1. The average molecular weight is 241 g/mol. The maximum atomic E-state index is 11.8. The van der Waals surface area contributed by atoms with Gasteiger partial charge in [-0.25, -0.2) is 4.79 Å². The van der Waals surface area contributed by atoms with E-state index in [-0.39, 0.29) is 11.3 Å². The fourth-order valence-electron chi connectivity index (χ4n) is 1.49. The van der Waals surface area contributed by atoms with E-state index in [9.17, 15) is 9.59 Å². The van der Waals surface area contributed by atoms with E-state index in [1.165, 1.54) is 12.1 Å². The van der Waals surface area contributed by atoms with Crippen molar-refractivity contribution in [2.45, 2.75) is 0 Å². The Labute approximate surface area is 104 Å². The van der Waals surface area contributed by atoms with Crippen LogP contribution in [-0.2, 0) is 0 Å². The van der Waals surface area contributed by atoms with Crippen LogP contribution in [0.5, 0.6) is 5.75 Å². The van der Waals surface area contributed by atoms with Gasteiger partial charge >= 0.3 is 5.97 Å². The van der Waals surface area contributed by atoms with Gasteiger partial charge < -0.3 is 10.5 Å². The number of hydrogen-bond acceptors (Lipinski definition) is 3. The minimum Gasteiger partial charge on any atom is -0.422 e. The Bertz CT molecular complexity index is 579. The normalized spacial score (nSPS) is 9.78. The molecule has 0 aliphatic carbocycles. The zero-order valence-electron chi connectivity index (χ0n) is 9.50.